The molecule has 2 aliphatic rings. The van der Waals surface area contributed by atoms with Gasteiger partial charge in [0.2, 0.25) is 0 Å². The predicted octanol–water partition coefficient (Wildman–Crippen LogP) is 6.73. The molecule has 3 unspecified atom stereocenters. The highest BCUT2D eigenvalue weighted by Crippen LogP contribution is 2.56. The van der Waals surface area contributed by atoms with Gasteiger partial charge in [0.05, 0.1) is 6.20 Å². The van der Waals surface area contributed by atoms with Gasteiger partial charge in [-0.05, 0) is 42.5 Å². The maximum Gasteiger partial charge on any atom is 0.434 e. The van der Waals surface area contributed by atoms with Crippen LogP contribution in [0.2, 0.25) is 0 Å². The maximum atomic E-state index is 13.6. The summed E-state index contributed by atoms with van der Waals surface area (Å²) in [6.07, 6.45) is -1.31. The van der Waals surface area contributed by atoms with Crippen molar-refractivity contribution in [2.24, 2.45) is 5.92 Å². The van der Waals surface area contributed by atoms with Gasteiger partial charge in [-0.3, -0.25) is 0 Å². The fourth-order valence-electron chi connectivity index (χ4n) is 5.06. The molecule has 0 spiro atoms. The molecule has 0 aliphatic carbocycles. The number of aryl methyl sites for hydroxylation is 1. The minimum Gasteiger partial charge on any atom is -0.301 e. The van der Waals surface area contributed by atoms with Gasteiger partial charge in [0.1, 0.15) is 6.17 Å². The van der Waals surface area contributed by atoms with Gasteiger partial charge in [0, 0.05) is 17.3 Å². The van der Waals surface area contributed by atoms with Crippen LogP contribution in [0.3, 0.4) is 0 Å². The third kappa shape index (κ3) is 2.98. The number of halogens is 3. The standard InChI is InChI=1S/C25H23F3N4/c1-4-9-17-16(3)24-31(19-12-7-5-10-15(19)2)22-23(30-21(14-29-22)25(26,27)28)32(24)20-13-8-6-11-18(17)20/h4-8,10-14,16-17,24H,1,9H2,2-3H3. The van der Waals surface area contributed by atoms with Gasteiger partial charge in [-0.2, -0.15) is 13.2 Å². The lowest BCUT2D eigenvalue weighted by atomic mass is 9.78. The van der Waals surface area contributed by atoms with Crippen LogP contribution < -0.4 is 9.80 Å². The summed E-state index contributed by atoms with van der Waals surface area (Å²) in [6, 6.07) is 15.8. The molecule has 2 aliphatic heterocycles. The second kappa shape index (κ2) is 7.36. The lowest BCUT2D eigenvalue weighted by molar-refractivity contribution is -0.141. The molecule has 0 bridgehead atoms. The second-order valence-corrected chi connectivity index (χ2v) is 8.39. The Morgan fingerprint density at radius 1 is 1.00 bits per heavy atom. The summed E-state index contributed by atoms with van der Waals surface area (Å²) >= 11 is 0. The van der Waals surface area contributed by atoms with Gasteiger partial charge in [-0.25, -0.2) is 9.97 Å². The molecular weight excluding hydrogens is 413 g/mol. The van der Waals surface area contributed by atoms with Crippen LogP contribution in [0.4, 0.5) is 36.2 Å². The number of rotatable bonds is 3. The first-order chi connectivity index (χ1) is 15.3. The van der Waals surface area contributed by atoms with Crippen LogP contribution in [0.5, 0.6) is 0 Å². The van der Waals surface area contributed by atoms with Crippen LogP contribution in [0.15, 0.2) is 67.4 Å². The molecule has 0 amide bonds. The van der Waals surface area contributed by atoms with E-state index in [0.717, 1.165) is 35.1 Å². The number of nitrogens with zero attached hydrogens (tertiary/aromatic N) is 4. The number of hydrogen-bond donors (Lipinski definition) is 0. The second-order valence-electron chi connectivity index (χ2n) is 8.39. The first kappa shape index (κ1) is 20.5. The summed E-state index contributed by atoms with van der Waals surface area (Å²) in [6.45, 7) is 8.08. The topological polar surface area (TPSA) is 32.3 Å². The number of aromatic nitrogens is 2. The third-order valence-electron chi connectivity index (χ3n) is 6.51. The minimum absolute atomic E-state index is 0.0767. The molecular formula is C25H23F3N4. The molecule has 3 aromatic rings. The molecule has 2 aromatic carbocycles. The smallest absolute Gasteiger partial charge is 0.301 e. The van der Waals surface area contributed by atoms with Gasteiger partial charge in [-0.15, -0.1) is 6.58 Å². The van der Waals surface area contributed by atoms with E-state index >= 15 is 0 Å². The van der Waals surface area contributed by atoms with E-state index in [4.69, 9.17) is 0 Å². The number of allylic oxidation sites excluding steroid dienone is 1. The molecule has 3 atom stereocenters. The number of alkyl halides is 3. The lowest BCUT2D eigenvalue weighted by Gasteiger charge is -2.45. The molecule has 7 heteroatoms. The summed E-state index contributed by atoms with van der Waals surface area (Å²) < 4.78 is 40.7. The monoisotopic (exact) mass is 436 g/mol. The van der Waals surface area contributed by atoms with Crippen molar-refractivity contribution < 1.29 is 13.2 Å². The molecule has 0 radical (unpaired) electrons. The van der Waals surface area contributed by atoms with Crippen molar-refractivity contribution in [3.8, 4) is 0 Å². The Hall–Kier alpha value is -3.35. The number of benzene rings is 2. The van der Waals surface area contributed by atoms with E-state index < -0.39 is 11.9 Å². The Morgan fingerprint density at radius 2 is 1.66 bits per heavy atom. The normalized spacial score (nSPS) is 21.7. The summed E-state index contributed by atoms with van der Waals surface area (Å²) in [7, 11) is 0. The van der Waals surface area contributed by atoms with Crippen molar-refractivity contribution in [2.45, 2.75) is 38.5 Å². The zero-order valence-electron chi connectivity index (χ0n) is 17.8. The van der Waals surface area contributed by atoms with Crippen LogP contribution in [0.25, 0.3) is 0 Å². The average molecular weight is 436 g/mol. The molecule has 4 nitrogen and oxygen atoms in total. The third-order valence-corrected chi connectivity index (χ3v) is 6.51. The van der Waals surface area contributed by atoms with E-state index in [1.165, 1.54) is 0 Å². The van der Waals surface area contributed by atoms with Gasteiger partial charge in [0.15, 0.2) is 17.3 Å². The number of para-hydroxylation sites is 2. The summed E-state index contributed by atoms with van der Waals surface area (Å²) in [5.41, 5.74) is 2.91. The van der Waals surface area contributed by atoms with Crippen molar-refractivity contribution in [3.05, 3.63) is 84.2 Å². The SMILES string of the molecule is C=CCC1c2ccccc2N2c3nc(C(F)(F)F)cnc3N(c3ccccc3C)C2C1C. The highest BCUT2D eigenvalue weighted by Gasteiger charge is 2.50. The van der Waals surface area contributed by atoms with Crippen molar-refractivity contribution in [3.63, 3.8) is 0 Å². The van der Waals surface area contributed by atoms with Gasteiger partial charge < -0.3 is 9.80 Å². The molecule has 3 heterocycles. The number of fused-ring (bicyclic) bond motifs is 5. The average Bonchev–Trinajstić information content (AvgIpc) is 3.11. The number of hydrogen-bond acceptors (Lipinski definition) is 4. The number of anilines is 4. The fraction of sp³-hybridized carbons (Fsp3) is 0.280. The first-order valence-electron chi connectivity index (χ1n) is 10.6. The zero-order chi connectivity index (χ0) is 22.6. The van der Waals surface area contributed by atoms with Crippen LogP contribution in [0.1, 0.15) is 36.1 Å². The van der Waals surface area contributed by atoms with Gasteiger partial charge >= 0.3 is 6.18 Å². The van der Waals surface area contributed by atoms with Gasteiger partial charge in [0.25, 0.3) is 0 Å². The lowest BCUT2D eigenvalue weighted by Crippen LogP contribution is -2.48. The first-order valence-corrected chi connectivity index (χ1v) is 10.6. The van der Waals surface area contributed by atoms with Crippen molar-refractivity contribution >= 4 is 23.0 Å². The van der Waals surface area contributed by atoms with E-state index in [1.54, 1.807) is 0 Å². The molecule has 5 rings (SSSR count). The Morgan fingerprint density at radius 3 is 2.34 bits per heavy atom. The zero-order valence-corrected chi connectivity index (χ0v) is 17.8. The highest BCUT2D eigenvalue weighted by molar-refractivity contribution is 5.86. The Kier molecular flexibility index (Phi) is 4.73. The minimum atomic E-state index is -4.57. The van der Waals surface area contributed by atoms with Crippen molar-refractivity contribution in [1.29, 1.82) is 0 Å². The summed E-state index contributed by atoms with van der Waals surface area (Å²) in [4.78, 5) is 12.4. The quantitative estimate of drug-likeness (QED) is 0.426. The van der Waals surface area contributed by atoms with Crippen LogP contribution in [-0.4, -0.2) is 16.1 Å². The van der Waals surface area contributed by atoms with Crippen molar-refractivity contribution in [1.82, 2.24) is 9.97 Å². The van der Waals surface area contributed by atoms with E-state index in [0.29, 0.717) is 5.82 Å². The summed E-state index contributed by atoms with van der Waals surface area (Å²) in [5, 5.41) is 0. The summed E-state index contributed by atoms with van der Waals surface area (Å²) in [5.74, 6) is 0.934. The van der Waals surface area contributed by atoms with E-state index in [-0.39, 0.29) is 23.8 Å². The molecule has 164 valence electrons. The molecule has 0 saturated heterocycles. The Bertz CT molecular complexity index is 1190. The van der Waals surface area contributed by atoms with E-state index in [1.807, 2.05) is 66.4 Å². The van der Waals surface area contributed by atoms with Crippen molar-refractivity contribution in [2.75, 3.05) is 9.80 Å². The van der Waals surface area contributed by atoms with Crippen LogP contribution in [0, 0.1) is 12.8 Å². The Labute approximate surface area is 185 Å². The molecule has 0 saturated carbocycles. The molecule has 0 N–H and O–H groups in total. The fourth-order valence-corrected chi connectivity index (χ4v) is 5.06. The predicted molar refractivity (Wildman–Crippen MR) is 119 cm³/mol. The Balaban J connectivity index is 1.79. The molecule has 1 aromatic heterocycles. The van der Waals surface area contributed by atoms with Crippen LogP contribution in [-0.2, 0) is 6.18 Å². The van der Waals surface area contributed by atoms with Crippen LogP contribution >= 0.6 is 0 Å². The van der Waals surface area contributed by atoms with Gasteiger partial charge in [-0.1, -0.05) is 49.4 Å². The largest absolute Gasteiger partial charge is 0.434 e. The molecule has 32 heavy (non-hydrogen) atoms. The maximum absolute atomic E-state index is 13.6. The highest BCUT2D eigenvalue weighted by atomic mass is 19.4. The molecule has 0 fully saturated rings. The van der Waals surface area contributed by atoms with E-state index in [9.17, 15) is 13.2 Å². The van der Waals surface area contributed by atoms with E-state index in [2.05, 4.69) is 28.4 Å².